The zero-order valence-electron chi connectivity index (χ0n) is 15.1. The Morgan fingerprint density at radius 3 is 2.77 bits per heavy atom. The van der Waals surface area contributed by atoms with E-state index in [1.54, 1.807) is 12.0 Å². The van der Waals surface area contributed by atoms with E-state index in [-0.39, 0.29) is 23.7 Å². The third kappa shape index (κ3) is 3.85. The number of nitrogens with one attached hydrogen (secondary N) is 1. The number of carbonyl (C=O) groups excluding carboxylic acids is 2. The Bertz CT molecular complexity index is 790. The molecule has 2 atom stereocenters. The van der Waals surface area contributed by atoms with Crippen LogP contribution in [-0.4, -0.2) is 35.7 Å². The summed E-state index contributed by atoms with van der Waals surface area (Å²) >= 11 is 1.34. The number of amides is 2. The van der Waals surface area contributed by atoms with Gasteiger partial charge in [0.15, 0.2) is 0 Å². The number of ether oxygens (including phenoxy) is 1. The van der Waals surface area contributed by atoms with E-state index >= 15 is 0 Å². The number of anilines is 2. The van der Waals surface area contributed by atoms with Crippen LogP contribution in [0.2, 0.25) is 0 Å². The van der Waals surface area contributed by atoms with E-state index in [4.69, 9.17) is 4.74 Å². The van der Waals surface area contributed by atoms with Gasteiger partial charge in [0.2, 0.25) is 16.9 Å². The molecule has 0 radical (unpaired) electrons. The van der Waals surface area contributed by atoms with Gasteiger partial charge in [0, 0.05) is 30.5 Å². The van der Waals surface area contributed by atoms with Crippen molar-refractivity contribution in [2.75, 3.05) is 23.9 Å². The van der Waals surface area contributed by atoms with Crippen LogP contribution in [0.25, 0.3) is 0 Å². The van der Waals surface area contributed by atoms with Gasteiger partial charge in [0.05, 0.1) is 7.11 Å². The number of hydrogen-bond acceptors (Lipinski definition) is 6. The molecule has 1 aliphatic heterocycles. The van der Waals surface area contributed by atoms with Gasteiger partial charge in [-0.3, -0.25) is 9.59 Å². The highest BCUT2D eigenvalue weighted by molar-refractivity contribution is 7.15. The second-order valence-corrected chi connectivity index (χ2v) is 7.36. The predicted molar refractivity (Wildman–Crippen MR) is 101 cm³/mol. The van der Waals surface area contributed by atoms with Gasteiger partial charge in [-0.2, -0.15) is 0 Å². The van der Waals surface area contributed by atoms with Gasteiger partial charge in [-0.05, 0) is 30.7 Å². The molecule has 2 heterocycles. The van der Waals surface area contributed by atoms with Crippen LogP contribution in [0.4, 0.5) is 10.8 Å². The van der Waals surface area contributed by atoms with Crippen molar-refractivity contribution in [3.8, 4) is 5.75 Å². The third-order valence-corrected chi connectivity index (χ3v) is 5.59. The molecular formula is C18H22N4O3S. The van der Waals surface area contributed by atoms with E-state index in [0.29, 0.717) is 18.1 Å². The van der Waals surface area contributed by atoms with Crippen molar-refractivity contribution in [1.82, 2.24) is 10.2 Å². The summed E-state index contributed by atoms with van der Waals surface area (Å²) in [6, 6.07) is 7.42. The number of rotatable bonds is 6. The van der Waals surface area contributed by atoms with Gasteiger partial charge in [-0.25, -0.2) is 0 Å². The minimum Gasteiger partial charge on any atom is -0.497 e. The van der Waals surface area contributed by atoms with Gasteiger partial charge in [-0.1, -0.05) is 25.2 Å². The fourth-order valence-electron chi connectivity index (χ4n) is 2.75. The first-order valence-electron chi connectivity index (χ1n) is 8.60. The molecule has 1 fully saturated rings. The summed E-state index contributed by atoms with van der Waals surface area (Å²) in [5.41, 5.74) is 0.841. The summed E-state index contributed by atoms with van der Waals surface area (Å²) in [7, 11) is 1.61. The lowest BCUT2D eigenvalue weighted by Crippen LogP contribution is -2.24. The highest BCUT2D eigenvalue weighted by atomic mass is 32.1. The molecule has 1 N–H and O–H groups in total. The van der Waals surface area contributed by atoms with E-state index in [0.717, 1.165) is 22.9 Å². The molecule has 8 heteroatoms. The molecule has 26 heavy (non-hydrogen) atoms. The molecule has 1 aliphatic rings. The molecule has 0 bridgehead atoms. The van der Waals surface area contributed by atoms with E-state index < -0.39 is 0 Å². The smallest absolute Gasteiger partial charge is 0.229 e. The number of carbonyl (C=O) groups is 2. The maximum Gasteiger partial charge on any atom is 0.229 e. The second-order valence-electron chi connectivity index (χ2n) is 6.35. The number of benzene rings is 1. The summed E-state index contributed by atoms with van der Waals surface area (Å²) < 4.78 is 5.15. The fourth-order valence-corrected chi connectivity index (χ4v) is 3.59. The van der Waals surface area contributed by atoms with Crippen molar-refractivity contribution in [3.05, 3.63) is 29.3 Å². The van der Waals surface area contributed by atoms with Crippen LogP contribution in [0.15, 0.2) is 24.3 Å². The van der Waals surface area contributed by atoms with Gasteiger partial charge in [-0.15, -0.1) is 10.2 Å². The summed E-state index contributed by atoms with van der Waals surface area (Å²) in [5, 5.41) is 12.3. The van der Waals surface area contributed by atoms with Gasteiger partial charge in [0.25, 0.3) is 0 Å². The lowest BCUT2D eigenvalue weighted by Gasteiger charge is -2.16. The number of aromatic nitrogens is 2. The molecule has 2 aromatic rings. The van der Waals surface area contributed by atoms with Crippen LogP contribution >= 0.6 is 11.3 Å². The zero-order chi connectivity index (χ0) is 18.7. The van der Waals surface area contributed by atoms with E-state index in [1.165, 1.54) is 11.3 Å². The first-order valence-corrected chi connectivity index (χ1v) is 9.42. The zero-order valence-corrected chi connectivity index (χ0v) is 15.9. The Morgan fingerprint density at radius 1 is 1.38 bits per heavy atom. The monoisotopic (exact) mass is 374 g/mol. The minimum atomic E-state index is -0.0685. The first kappa shape index (κ1) is 18.3. The first-order chi connectivity index (χ1) is 12.5. The standard InChI is InChI=1S/C18H22N4O3S/c1-4-11(2)16(24)19-18-21-20-17(26-18)12-9-15(23)22(10-12)13-5-7-14(25-3)8-6-13/h5-8,11-12H,4,9-10H2,1-3H3,(H,19,21,24). The summed E-state index contributed by atoms with van der Waals surface area (Å²) in [5.74, 6) is 0.665. The Hall–Kier alpha value is -2.48. The van der Waals surface area contributed by atoms with E-state index in [9.17, 15) is 9.59 Å². The molecule has 0 aliphatic carbocycles. The molecule has 2 amide bonds. The molecular weight excluding hydrogens is 352 g/mol. The van der Waals surface area contributed by atoms with Crippen molar-refractivity contribution in [2.45, 2.75) is 32.6 Å². The van der Waals surface area contributed by atoms with Crippen LogP contribution < -0.4 is 15.0 Å². The van der Waals surface area contributed by atoms with E-state index in [1.807, 2.05) is 38.1 Å². The van der Waals surface area contributed by atoms with Crippen molar-refractivity contribution < 1.29 is 14.3 Å². The maximum atomic E-state index is 12.4. The van der Waals surface area contributed by atoms with Crippen molar-refractivity contribution in [1.29, 1.82) is 0 Å². The molecule has 0 saturated carbocycles. The molecule has 7 nitrogen and oxygen atoms in total. The predicted octanol–water partition coefficient (Wildman–Crippen LogP) is 3.05. The minimum absolute atomic E-state index is 0.0173. The van der Waals surface area contributed by atoms with Crippen LogP contribution in [0, 0.1) is 5.92 Å². The highest BCUT2D eigenvalue weighted by Gasteiger charge is 2.34. The summed E-state index contributed by atoms with van der Waals surface area (Å²) in [6.45, 7) is 4.40. The second kappa shape index (κ2) is 7.82. The average molecular weight is 374 g/mol. The van der Waals surface area contributed by atoms with Crippen LogP contribution in [0.1, 0.15) is 37.6 Å². The molecule has 3 rings (SSSR count). The Balaban J connectivity index is 1.67. The Morgan fingerprint density at radius 2 is 2.12 bits per heavy atom. The van der Waals surface area contributed by atoms with Crippen LogP contribution in [0.3, 0.4) is 0 Å². The fraction of sp³-hybridized carbons (Fsp3) is 0.444. The van der Waals surface area contributed by atoms with Gasteiger partial charge < -0.3 is 15.0 Å². The molecule has 1 aromatic carbocycles. The highest BCUT2D eigenvalue weighted by Crippen LogP contribution is 2.34. The number of nitrogens with zero attached hydrogens (tertiary/aromatic N) is 3. The third-order valence-electron chi connectivity index (χ3n) is 4.59. The molecule has 0 spiro atoms. The van der Waals surface area contributed by atoms with Crippen molar-refractivity contribution >= 4 is 34.0 Å². The van der Waals surface area contributed by atoms with Crippen LogP contribution in [-0.2, 0) is 9.59 Å². The summed E-state index contributed by atoms with van der Waals surface area (Å²) in [4.78, 5) is 26.1. The quantitative estimate of drug-likeness (QED) is 0.840. The van der Waals surface area contributed by atoms with Gasteiger partial charge in [0.1, 0.15) is 10.8 Å². The summed E-state index contributed by atoms with van der Waals surface area (Å²) in [6.07, 6.45) is 1.16. The normalized spacial score (nSPS) is 18.0. The van der Waals surface area contributed by atoms with Crippen molar-refractivity contribution in [3.63, 3.8) is 0 Å². The largest absolute Gasteiger partial charge is 0.497 e. The topological polar surface area (TPSA) is 84.4 Å². The SMILES string of the molecule is CCC(C)C(=O)Nc1nnc(C2CC(=O)N(c3ccc(OC)cc3)C2)s1. The lowest BCUT2D eigenvalue weighted by molar-refractivity contribution is -0.119. The number of methoxy groups -OCH3 is 1. The van der Waals surface area contributed by atoms with Crippen molar-refractivity contribution in [2.24, 2.45) is 5.92 Å². The van der Waals surface area contributed by atoms with Gasteiger partial charge >= 0.3 is 0 Å². The lowest BCUT2D eigenvalue weighted by atomic mass is 10.1. The van der Waals surface area contributed by atoms with E-state index in [2.05, 4.69) is 15.5 Å². The molecule has 1 saturated heterocycles. The molecule has 138 valence electrons. The number of hydrogen-bond donors (Lipinski definition) is 1. The Kier molecular flexibility index (Phi) is 5.51. The van der Waals surface area contributed by atoms with Crippen LogP contribution in [0.5, 0.6) is 5.75 Å². The Labute approximate surface area is 156 Å². The maximum absolute atomic E-state index is 12.4. The average Bonchev–Trinajstić information content (AvgIpc) is 3.27. The molecule has 1 aromatic heterocycles. The molecule has 2 unspecified atom stereocenters.